The van der Waals surface area contributed by atoms with Gasteiger partial charge in [0.2, 0.25) is 0 Å². The highest BCUT2D eigenvalue weighted by Gasteiger charge is 2.19. The van der Waals surface area contributed by atoms with Gasteiger partial charge in [0.05, 0.1) is 24.4 Å². The third-order valence-corrected chi connectivity index (χ3v) is 2.95. The second-order valence-corrected chi connectivity index (χ2v) is 5.37. The molecule has 0 spiro atoms. The van der Waals surface area contributed by atoms with Crippen molar-refractivity contribution in [3.8, 4) is 0 Å². The smallest absolute Gasteiger partial charge is 0.434 e. The molecule has 0 aliphatic carbocycles. The van der Waals surface area contributed by atoms with E-state index in [0.29, 0.717) is 12.8 Å². The van der Waals surface area contributed by atoms with Crippen LogP contribution in [0.3, 0.4) is 0 Å². The number of methoxy groups -OCH3 is 2. The molecule has 0 aromatic rings. The Morgan fingerprint density at radius 1 is 0.833 bits per heavy atom. The summed E-state index contributed by atoms with van der Waals surface area (Å²) in [6, 6.07) is 0. The van der Waals surface area contributed by atoms with Crippen molar-refractivity contribution < 1.29 is 23.7 Å². The van der Waals surface area contributed by atoms with E-state index in [-0.39, 0.29) is 24.4 Å². The number of carbonyl (C=O) groups is 1. The molecule has 0 amide bonds. The van der Waals surface area contributed by atoms with Gasteiger partial charge in [0, 0.05) is 27.1 Å². The summed E-state index contributed by atoms with van der Waals surface area (Å²) in [5.74, 6) is 0. The Balaban J connectivity index is 3.67. The summed E-state index contributed by atoms with van der Waals surface area (Å²) >= 11 is 0. The van der Waals surface area contributed by atoms with Gasteiger partial charge in [-0.3, -0.25) is 0 Å². The largest absolute Gasteiger partial charge is 0.508 e. The zero-order chi connectivity index (χ0) is 14.2. The Bertz CT molecular complexity index is 224. The van der Waals surface area contributed by atoms with Crippen LogP contribution in [0, 0.1) is 0 Å². The Morgan fingerprint density at radius 2 is 1.17 bits per heavy atom. The minimum atomic E-state index is -0.645. The van der Waals surface area contributed by atoms with Gasteiger partial charge in [-0.25, -0.2) is 4.79 Å². The molecular weight excluding hydrogens is 236 g/mol. The van der Waals surface area contributed by atoms with Crippen LogP contribution in [0.25, 0.3) is 0 Å². The average Bonchev–Trinajstić information content (AvgIpc) is 2.28. The van der Waals surface area contributed by atoms with Crippen LogP contribution in [0.4, 0.5) is 4.79 Å². The van der Waals surface area contributed by atoms with Gasteiger partial charge < -0.3 is 18.9 Å². The predicted octanol–water partition coefficient (Wildman–Crippen LogP) is 2.77. The SMILES string of the molecule is COC(C)(C)CCOC(=O)OCCC(C)(C)OC. The quantitative estimate of drug-likeness (QED) is 0.630. The molecule has 5 nitrogen and oxygen atoms in total. The molecule has 0 unspecified atom stereocenters. The third-order valence-electron chi connectivity index (χ3n) is 2.95. The van der Waals surface area contributed by atoms with Gasteiger partial charge in [-0.15, -0.1) is 0 Å². The molecule has 0 bridgehead atoms. The molecule has 18 heavy (non-hydrogen) atoms. The Labute approximate surface area is 110 Å². The number of carbonyl (C=O) groups excluding carboxylic acids is 1. The van der Waals surface area contributed by atoms with Crippen LogP contribution in [0.15, 0.2) is 0 Å². The lowest BCUT2D eigenvalue weighted by Gasteiger charge is -2.23. The van der Waals surface area contributed by atoms with Crippen LogP contribution in [0.5, 0.6) is 0 Å². The molecule has 0 aliphatic rings. The van der Waals surface area contributed by atoms with Crippen molar-refractivity contribution in [1.82, 2.24) is 0 Å². The summed E-state index contributed by atoms with van der Waals surface area (Å²) in [5.41, 5.74) is -0.587. The molecule has 0 aromatic carbocycles. The first-order valence-electron chi connectivity index (χ1n) is 6.12. The minimum absolute atomic E-state index is 0.285. The van der Waals surface area contributed by atoms with E-state index in [1.54, 1.807) is 14.2 Å². The van der Waals surface area contributed by atoms with E-state index in [0.717, 1.165) is 0 Å². The van der Waals surface area contributed by atoms with E-state index >= 15 is 0 Å². The third kappa shape index (κ3) is 8.31. The topological polar surface area (TPSA) is 54.0 Å². The molecule has 108 valence electrons. The first kappa shape index (κ1) is 17.2. The average molecular weight is 262 g/mol. The fraction of sp³-hybridized carbons (Fsp3) is 0.923. The van der Waals surface area contributed by atoms with Gasteiger partial charge >= 0.3 is 6.16 Å². The number of rotatable bonds is 8. The van der Waals surface area contributed by atoms with E-state index in [4.69, 9.17) is 18.9 Å². The highest BCUT2D eigenvalue weighted by atomic mass is 16.7. The van der Waals surface area contributed by atoms with Crippen molar-refractivity contribution in [1.29, 1.82) is 0 Å². The molecule has 0 saturated carbocycles. The molecule has 0 aliphatic heterocycles. The van der Waals surface area contributed by atoms with Crippen LogP contribution in [-0.4, -0.2) is 44.8 Å². The summed E-state index contributed by atoms with van der Waals surface area (Å²) in [7, 11) is 3.26. The van der Waals surface area contributed by atoms with Crippen LogP contribution < -0.4 is 0 Å². The Morgan fingerprint density at radius 3 is 1.44 bits per heavy atom. The summed E-state index contributed by atoms with van der Waals surface area (Å²) in [6.45, 7) is 8.30. The van der Waals surface area contributed by atoms with Crippen LogP contribution in [0.1, 0.15) is 40.5 Å². The molecule has 5 heteroatoms. The summed E-state index contributed by atoms with van der Waals surface area (Å²) in [6.07, 6.45) is 0.610. The predicted molar refractivity (Wildman–Crippen MR) is 68.7 cm³/mol. The Kier molecular flexibility index (Phi) is 7.25. The number of hydrogen-bond donors (Lipinski definition) is 0. The summed E-state index contributed by atoms with van der Waals surface area (Å²) in [4.78, 5) is 11.3. The maximum absolute atomic E-state index is 11.3. The van der Waals surface area contributed by atoms with E-state index in [1.807, 2.05) is 27.7 Å². The van der Waals surface area contributed by atoms with Gasteiger partial charge in [-0.05, 0) is 27.7 Å². The van der Waals surface area contributed by atoms with Crippen molar-refractivity contribution >= 4 is 6.16 Å². The van der Waals surface area contributed by atoms with Gasteiger partial charge in [-0.2, -0.15) is 0 Å². The van der Waals surface area contributed by atoms with Gasteiger partial charge in [0.15, 0.2) is 0 Å². The minimum Gasteiger partial charge on any atom is -0.434 e. The van der Waals surface area contributed by atoms with Gasteiger partial charge in [0.1, 0.15) is 0 Å². The zero-order valence-corrected chi connectivity index (χ0v) is 12.4. The molecule has 0 atom stereocenters. The molecule has 0 aromatic heterocycles. The fourth-order valence-corrected chi connectivity index (χ4v) is 1.01. The maximum Gasteiger partial charge on any atom is 0.508 e. The van der Waals surface area contributed by atoms with Crippen molar-refractivity contribution in [2.24, 2.45) is 0 Å². The molecule has 0 heterocycles. The van der Waals surface area contributed by atoms with E-state index < -0.39 is 6.16 Å². The lowest BCUT2D eigenvalue weighted by atomic mass is 10.1. The first-order valence-corrected chi connectivity index (χ1v) is 6.12. The fourth-order valence-electron chi connectivity index (χ4n) is 1.01. The number of ether oxygens (including phenoxy) is 4. The maximum atomic E-state index is 11.3. The normalized spacial score (nSPS) is 12.3. The van der Waals surface area contributed by atoms with E-state index in [9.17, 15) is 4.79 Å². The molecule has 0 saturated heterocycles. The molecule has 0 fully saturated rings. The van der Waals surface area contributed by atoms with Gasteiger partial charge in [-0.1, -0.05) is 0 Å². The molecular formula is C13H26O5. The van der Waals surface area contributed by atoms with Crippen LogP contribution in [-0.2, 0) is 18.9 Å². The summed E-state index contributed by atoms with van der Waals surface area (Å²) in [5, 5.41) is 0. The summed E-state index contributed by atoms with van der Waals surface area (Å²) < 4.78 is 20.3. The van der Waals surface area contributed by atoms with Crippen molar-refractivity contribution in [2.45, 2.75) is 51.7 Å². The standard InChI is InChI=1S/C13H26O5/c1-12(2,15-5)7-9-17-11(14)18-10-8-13(3,4)16-6/h7-10H2,1-6H3. The lowest BCUT2D eigenvalue weighted by molar-refractivity contribution is -0.0219. The van der Waals surface area contributed by atoms with Crippen LogP contribution in [0.2, 0.25) is 0 Å². The monoisotopic (exact) mass is 262 g/mol. The van der Waals surface area contributed by atoms with Crippen molar-refractivity contribution in [2.75, 3.05) is 27.4 Å². The van der Waals surface area contributed by atoms with Crippen LogP contribution >= 0.6 is 0 Å². The molecule has 0 N–H and O–H groups in total. The highest BCUT2D eigenvalue weighted by Crippen LogP contribution is 2.14. The highest BCUT2D eigenvalue weighted by molar-refractivity contribution is 5.59. The second-order valence-electron chi connectivity index (χ2n) is 5.37. The van der Waals surface area contributed by atoms with Crippen molar-refractivity contribution in [3.05, 3.63) is 0 Å². The molecule has 0 radical (unpaired) electrons. The lowest BCUT2D eigenvalue weighted by Crippen LogP contribution is -2.27. The first-order chi connectivity index (χ1) is 8.22. The second kappa shape index (κ2) is 7.59. The van der Waals surface area contributed by atoms with Crippen molar-refractivity contribution in [3.63, 3.8) is 0 Å². The molecule has 0 rings (SSSR count). The number of hydrogen-bond acceptors (Lipinski definition) is 5. The zero-order valence-electron chi connectivity index (χ0n) is 12.4. The Hall–Kier alpha value is -0.810. The van der Waals surface area contributed by atoms with E-state index in [1.165, 1.54) is 0 Å². The van der Waals surface area contributed by atoms with E-state index in [2.05, 4.69) is 0 Å². The van der Waals surface area contributed by atoms with Gasteiger partial charge in [0.25, 0.3) is 0 Å².